The summed E-state index contributed by atoms with van der Waals surface area (Å²) in [5.41, 5.74) is 3.05. The maximum absolute atomic E-state index is 10.9. The van der Waals surface area contributed by atoms with Gasteiger partial charge in [0.2, 0.25) is 0 Å². The van der Waals surface area contributed by atoms with Gasteiger partial charge < -0.3 is 10.0 Å². The highest BCUT2D eigenvalue weighted by Crippen LogP contribution is 2.18. The van der Waals surface area contributed by atoms with Crippen LogP contribution in [0.4, 0.5) is 5.82 Å². The number of nitrogens with zero attached hydrogens (tertiary/aromatic N) is 3. The second-order valence-electron chi connectivity index (χ2n) is 3.92. The Bertz CT molecular complexity index is 568. The van der Waals surface area contributed by atoms with E-state index >= 15 is 0 Å². The Kier molecular flexibility index (Phi) is 3.57. The number of carboxylic acid groups (broad SMARTS) is 1. The van der Waals surface area contributed by atoms with E-state index in [1.54, 1.807) is 22.9 Å². The Morgan fingerprint density at radius 3 is 2.89 bits per heavy atom. The van der Waals surface area contributed by atoms with Crippen LogP contribution in [0.15, 0.2) is 23.8 Å². The quantitative estimate of drug-likeness (QED) is 0.915. The number of hydrogen-bond donors (Lipinski definition) is 1. The summed E-state index contributed by atoms with van der Waals surface area (Å²) in [5, 5.41) is 8.94. The highest BCUT2D eigenvalue weighted by molar-refractivity contribution is 7.09. The van der Waals surface area contributed by atoms with Crippen LogP contribution in [0.5, 0.6) is 0 Å². The predicted octanol–water partition coefficient (Wildman–Crippen LogP) is 2.18. The molecule has 0 aliphatic rings. The predicted molar refractivity (Wildman–Crippen MR) is 70.2 cm³/mol. The molecule has 2 aromatic rings. The molecule has 0 aliphatic carbocycles. The summed E-state index contributed by atoms with van der Waals surface area (Å²) in [6.07, 6.45) is 1.51. The first-order chi connectivity index (χ1) is 8.58. The zero-order valence-corrected chi connectivity index (χ0v) is 10.9. The van der Waals surface area contributed by atoms with Crippen molar-refractivity contribution in [2.45, 2.75) is 13.5 Å². The van der Waals surface area contributed by atoms with Crippen molar-refractivity contribution < 1.29 is 9.90 Å². The molecule has 2 rings (SSSR count). The first-order valence-corrected chi connectivity index (χ1v) is 6.25. The molecule has 6 heteroatoms. The van der Waals surface area contributed by atoms with Crippen molar-refractivity contribution in [2.75, 3.05) is 11.9 Å². The molecule has 2 heterocycles. The summed E-state index contributed by atoms with van der Waals surface area (Å²) in [4.78, 5) is 22.3. The molecule has 0 amide bonds. The summed E-state index contributed by atoms with van der Waals surface area (Å²) in [6.45, 7) is 2.63. The number of aromatic carboxylic acids is 1. The van der Waals surface area contributed by atoms with Crippen LogP contribution >= 0.6 is 11.3 Å². The van der Waals surface area contributed by atoms with Crippen LogP contribution in [0.2, 0.25) is 0 Å². The molecule has 1 N–H and O–H groups in total. The minimum Gasteiger partial charge on any atom is -0.478 e. The van der Waals surface area contributed by atoms with E-state index in [-0.39, 0.29) is 5.56 Å². The molecule has 5 nitrogen and oxygen atoms in total. The number of thiazole rings is 1. The number of rotatable bonds is 4. The first-order valence-electron chi connectivity index (χ1n) is 5.37. The lowest BCUT2D eigenvalue weighted by atomic mass is 10.2. The van der Waals surface area contributed by atoms with Crippen LogP contribution in [0, 0.1) is 6.92 Å². The number of carbonyl (C=O) groups is 1. The molecule has 94 valence electrons. The second-order valence-corrected chi connectivity index (χ2v) is 4.86. The number of aryl methyl sites for hydroxylation is 1. The molecule has 0 spiro atoms. The molecule has 0 bridgehead atoms. The fourth-order valence-corrected chi connectivity index (χ4v) is 2.36. The Morgan fingerprint density at radius 2 is 2.28 bits per heavy atom. The highest BCUT2D eigenvalue weighted by atomic mass is 32.1. The number of carboxylic acids is 1. The monoisotopic (exact) mass is 263 g/mol. The van der Waals surface area contributed by atoms with Crippen LogP contribution in [0.3, 0.4) is 0 Å². The molecule has 18 heavy (non-hydrogen) atoms. The lowest BCUT2D eigenvalue weighted by Crippen LogP contribution is -2.18. The van der Waals surface area contributed by atoms with Crippen LogP contribution < -0.4 is 4.90 Å². The van der Waals surface area contributed by atoms with Gasteiger partial charge in [0.15, 0.2) is 0 Å². The van der Waals surface area contributed by atoms with Crippen molar-refractivity contribution in [3.8, 4) is 0 Å². The normalized spacial score (nSPS) is 10.3. The smallest absolute Gasteiger partial charge is 0.335 e. The van der Waals surface area contributed by atoms with Gasteiger partial charge in [-0.25, -0.2) is 14.8 Å². The van der Waals surface area contributed by atoms with E-state index in [0.29, 0.717) is 12.4 Å². The van der Waals surface area contributed by atoms with E-state index in [2.05, 4.69) is 9.97 Å². The van der Waals surface area contributed by atoms with Gasteiger partial charge in [0.05, 0.1) is 23.3 Å². The van der Waals surface area contributed by atoms with Gasteiger partial charge in [-0.05, 0) is 19.1 Å². The van der Waals surface area contributed by atoms with Crippen LogP contribution in [0.25, 0.3) is 0 Å². The third kappa shape index (κ3) is 2.65. The third-order valence-corrected chi connectivity index (χ3v) is 3.53. The minimum atomic E-state index is -0.943. The number of pyridine rings is 1. The van der Waals surface area contributed by atoms with Crippen LogP contribution in [-0.2, 0) is 6.54 Å². The van der Waals surface area contributed by atoms with Gasteiger partial charge in [-0.1, -0.05) is 0 Å². The minimum absolute atomic E-state index is 0.243. The average molecular weight is 263 g/mol. The maximum Gasteiger partial charge on any atom is 0.335 e. The topological polar surface area (TPSA) is 66.3 Å². The Hall–Kier alpha value is -1.95. The molecule has 0 unspecified atom stereocenters. The molecule has 0 aliphatic heterocycles. The van der Waals surface area contributed by atoms with Crippen molar-refractivity contribution in [3.63, 3.8) is 0 Å². The molecule has 0 saturated carbocycles. The summed E-state index contributed by atoms with van der Waals surface area (Å²) in [6, 6.07) is 3.05. The molecule has 2 aromatic heterocycles. The maximum atomic E-state index is 10.9. The zero-order valence-electron chi connectivity index (χ0n) is 10.1. The van der Waals surface area contributed by atoms with E-state index in [1.165, 1.54) is 12.3 Å². The summed E-state index contributed by atoms with van der Waals surface area (Å²) in [5.74, 6) is -0.302. The first kappa shape index (κ1) is 12.5. The van der Waals surface area contributed by atoms with Gasteiger partial charge in [0.1, 0.15) is 5.82 Å². The Morgan fingerprint density at radius 1 is 1.50 bits per heavy atom. The fourth-order valence-electron chi connectivity index (χ4n) is 1.53. The van der Waals surface area contributed by atoms with Crippen molar-refractivity contribution >= 4 is 23.1 Å². The molecule has 0 radical (unpaired) electrons. The molecule has 0 saturated heterocycles. The molecular formula is C12H13N3O2S. The standard InChI is InChI=1S/C12H13N3O2S/c1-8-10(18-7-14-8)6-15(2)11-5-9(12(16)17)3-4-13-11/h3-5,7H,6H2,1-2H3,(H,16,17). The largest absolute Gasteiger partial charge is 0.478 e. The van der Waals surface area contributed by atoms with E-state index in [1.807, 2.05) is 18.9 Å². The van der Waals surface area contributed by atoms with Gasteiger partial charge in [-0.15, -0.1) is 11.3 Å². The van der Waals surface area contributed by atoms with Gasteiger partial charge in [0, 0.05) is 18.1 Å². The number of anilines is 1. The lowest BCUT2D eigenvalue weighted by Gasteiger charge is -2.17. The Labute approximate surface area is 109 Å². The van der Waals surface area contributed by atoms with E-state index in [4.69, 9.17) is 5.11 Å². The number of aromatic nitrogens is 2. The molecule has 0 fully saturated rings. The van der Waals surface area contributed by atoms with Gasteiger partial charge >= 0.3 is 5.97 Å². The van der Waals surface area contributed by atoms with Crippen LogP contribution in [0.1, 0.15) is 20.9 Å². The molecule has 0 atom stereocenters. The van der Waals surface area contributed by atoms with E-state index < -0.39 is 5.97 Å². The van der Waals surface area contributed by atoms with Crippen molar-refractivity contribution in [1.82, 2.24) is 9.97 Å². The highest BCUT2D eigenvalue weighted by Gasteiger charge is 2.10. The van der Waals surface area contributed by atoms with Crippen molar-refractivity contribution in [3.05, 3.63) is 40.0 Å². The number of hydrogen-bond acceptors (Lipinski definition) is 5. The van der Waals surface area contributed by atoms with Gasteiger partial charge in [-0.3, -0.25) is 0 Å². The summed E-state index contributed by atoms with van der Waals surface area (Å²) in [7, 11) is 1.88. The average Bonchev–Trinajstić information content (AvgIpc) is 2.75. The van der Waals surface area contributed by atoms with Crippen molar-refractivity contribution in [2.24, 2.45) is 0 Å². The summed E-state index contributed by atoms with van der Waals surface area (Å²) < 4.78 is 0. The molecule has 0 aromatic carbocycles. The summed E-state index contributed by atoms with van der Waals surface area (Å²) >= 11 is 1.59. The van der Waals surface area contributed by atoms with E-state index in [0.717, 1.165) is 10.6 Å². The van der Waals surface area contributed by atoms with Crippen LogP contribution in [-0.4, -0.2) is 28.1 Å². The van der Waals surface area contributed by atoms with Gasteiger partial charge in [0.25, 0.3) is 0 Å². The lowest BCUT2D eigenvalue weighted by molar-refractivity contribution is 0.0697. The van der Waals surface area contributed by atoms with E-state index in [9.17, 15) is 4.79 Å². The fraction of sp³-hybridized carbons (Fsp3) is 0.250. The third-order valence-electron chi connectivity index (χ3n) is 2.61. The zero-order chi connectivity index (χ0) is 13.1. The molecular weight excluding hydrogens is 250 g/mol. The second kappa shape index (κ2) is 5.14. The Balaban J connectivity index is 2.18. The van der Waals surface area contributed by atoms with Crippen molar-refractivity contribution in [1.29, 1.82) is 0 Å². The SMILES string of the molecule is Cc1ncsc1CN(C)c1cc(C(=O)O)ccn1. The van der Waals surface area contributed by atoms with Gasteiger partial charge in [-0.2, -0.15) is 0 Å².